The van der Waals surface area contributed by atoms with Gasteiger partial charge in [-0.15, -0.1) is 12.4 Å². The molecule has 21 heavy (non-hydrogen) atoms. The molecule has 1 aliphatic rings. The van der Waals surface area contributed by atoms with E-state index in [1.807, 2.05) is 0 Å². The first-order valence-corrected chi connectivity index (χ1v) is 6.39. The monoisotopic (exact) mass is 309 g/mol. The van der Waals surface area contributed by atoms with Crippen molar-refractivity contribution in [2.24, 2.45) is 0 Å². The molecular weight excluding hydrogens is 294 g/mol. The third-order valence-corrected chi connectivity index (χ3v) is 3.23. The summed E-state index contributed by atoms with van der Waals surface area (Å²) in [6.07, 6.45) is 2.20. The Morgan fingerprint density at radius 3 is 2.81 bits per heavy atom. The predicted octanol–water partition coefficient (Wildman–Crippen LogP) is 2.82. The molecule has 2 aromatic rings. The van der Waals surface area contributed by atoms with Crippen LogP contribution in [0.15, 0.2) is 28.8 Å². The predicted molar refractivity (Wildman–Crippen MR) is 81.1 cm³/mol. The standard InChI is InChI=1S/C14H15N3O3.ClH/c1-19-12-5-4-9(6-10(12)15)16-14(18)11-7-13(20-17-11)8-2-3-8;/h4-8H,2-3,15H2,1H3,(H,16,18);1H. The molecule has 0 saturated heterocycles. The Morgan fingerprint density at radius 1 is 1.43 bits per heavy atom. The number of anilines is 2. The summed E-state index contributed by atoms with van der Waals surface area (Å²) in [6.45, 7) is 0. The van der Waals surface area contributed by atoms with E-state index in [4.69, 9.17) is 15.0 Å². The molecule has 0 bridgehead atoms. The van der Waals surface area contributed by atoms with Crippen LogP contribution in [0.25, 0.3) is 0 Å². The van der Waals surface area contributed by atoms with E-state index in [0.717, 1.165) is 18.6 Å². The normalized spacial score (nSPS) is 13.4. The molecule has 1 fully saturated rings. The van der Waals surface area contributed by atoms with Gasteiger partial charge < -0.3 is 20.3 Å². The lowest BCUT2D eigenvalue weighted by atomic mass is 10.2. The van der Waals surface area contributed by atoms with Gasteiger partial charge in [-0.25, -0.2) is 0 Å². The number of nitrogens with two attached hydrogens (primary N) is 1. The van der Waals surface area contributed by atoms with Crippen LogP contribution in [0.4, 0.5) is 11.4 Å². The highest BCUT2D eigenvalue weighted by Crippen LogP contribution is 2.40. The fraction of sp³-hybridized carbons (Fsp3) is 0.286. The number of benzene rings is 1. The van der Waals surface area contributed by atoms with Gasteiger partial charge in [-0.2, -0.15) is 0 Å². The van der Waals surface area contributed by atoms with Crippen LogP contribution in [0, 0.1) is 0 Å². The Hall–Kier alpha value is -2.21. The van der Waals surface area contributed by atoms with Gasteiger partial charge in [0.1, 0.15) is 11.5 Å². The van der Waals surface area contributed by atoms with E-state index in [-0.39, 0.29) is 24.0 Å². The van der Waals surface area contributed by atoms with Crippen molar-refractivity contribution in [3.05, 3.63) is 35.7 Å². The number of ether oxygens (including phenoxy) is 1. The average Bonchev–Trinajstić information content (AvgIpc) is 3.16. The fourth-order valence-corrected chi connectivity index (χ4v) is 1.96. The first-order valence-electron chi connectivity index (χ1n) is 6.39. The van der Waals surface area contributed by atoms with Crippen molar-refractivity contribution in [2.45, 2.75) is 18.8 Å². The third kappa shape index (κ3) is 3.28. The minimum atomic E-state index is -0.315. The minimum absolute atomic E-state index is 0. The topological polar surface area (TPSA) is 90.4 Å². The molecule has 0 atom stereocenters. The van der Waals surface area contributed by atoms with Crippen molar-refractivity contribution in [3.63, 3.8) is 0 Å². The molecular formula is C14H16ClN3O3. The molecule has 0 aliphatic heterocycles. The van der Waals surface area contributed by atoms with Crippen molar-refractivity contribution < 1.29 is 14.1 Å². The van der Waals surface area contributed by atoms with Crippen LogP contribution < -0.4 is 15.8 Å². The molecule has 112 valence electrons. The zero-order valence-corrected chi connectivity index (χ0v) is 12.3. The van der Waals surface area contributed by atoms with Crippen LogP contribution in [0.1, 0.15) is 35.0 Å². The number of aromatic nitrogens is 1. The number of rotatable bonds is 4. The Labute approximate surface area is 128 Å². The van der Waals surface area contributed by atoms with E-state index in [0.29, 0.717) is 23.0 Å². The van der Waals surface area contributed by atoms with Gasteiger partial charge in [0.25, 0.3) is 5.91 Å². The number of nitrogens with one attached hydrogen (secondary N) is 1. The summed E-state index contributed by atoms with van der Waals surface area (Å²) >= 11 is 0. The average molecular weight is 310 g/mol. The number of nitrogen functional groups attached to an aromatic ring is 1. The van der Waals surface area contributed by atoms with Gasteiger partial charge in [0, 0.05) is 17.7 Å². The number of hydrogen-bond acceptors (Lipinski definition) is 5. The highest BCUT2D eigenvalue weighted by molar-refractivity contribution is 6.03. The molecule has 1 aromatic carbocycles. The highest BCUT2D eigenvalue weighted by Gasteiger charge is 2.28. The second-order valence-electron chi connectivity index (χ2n) is 4.80. The molecule has 0 radical (unpaired) electrons. The molecule has 1 saturated carbocycles. The van der Waals surface area contributed by atoms with Gasteiger partial charge in [0.15, 0.2) is 5.69 Å². The number of hydrogen-bond donors (Lipinski definition) is 2. The van der Waals surface area contributed by atoms with Crippen LogP contribution in [-0.2, 0) is 0 Å². The maximum absolute atomic E-state index is 12.0. The van der Waals surface area contributed by atoms with Crippen molar-refractivity contribution in [2.75, 3.05) is 18.2 Å². The van der Waals surface area contributed by atoms with Crippen molar-refractivity contribution in [1.82, 2.24) is 5.16 Å². The summed E-state index contributed by atoms with van der Waals surface area (Å²) in [4.78, 5) is 12.0. The van der Waals surface area contributed by atoms with E-state index in [1.54, 1.807) is 31.4 Å². The van der Waals surface area contributed by atoms with Gasteiger partial charge in [-0.1, -0.05) is 5.16 Å². The summed E-state index contributed by atoms with van der Waals surface area (Å²) in [5.74, 6) is 1.47. The molecule has 1 heterocycles. The lowest BCUT2D eigenvalue weighted by Gasteiger charge is -2.07. The maximum Gasteiger partial charge on any atom is 0.277 e. The Balaban J connectivity index is 0.00000161. The van der Waals surface area contributed by atoms with Gasteiger partial charge in [-0.3, -0.25) is 4.79 Å². The number of amides is 1. The smallest absolute Gasteiger partial charge is 0.277 e. The van der Waals surface area contributed by atoms with E-state index in [2.05, 4.69) is 10.5 Å². The zero-order valence-electron chi connectivity index (χ0n) is 11.5. The molecule has 1 amide bonds. The quantitative estimate of drug-likeness (QED) is 0.847. The lowest BCUT2D eigenvalue weighted by molar-refractivity contribution is 0.101. The lowest BCUT2D eigenvalue weighted by Crippen LogP contribution is -2.12. The summed E-state index contributed by atoms with van der Waals surface area (Å²) in [5.41, 5.74) is 7.12. The van der Waals surface area contributed by atoms with E-state index in [1.165, 1.54) is 0 Å². The fourth-order valence-electron chi connectivity index (χ4n) is 1.96. The molecule has 1 aliphatic carbocycles. The third-order valence-electron chi connectivity index (χ3n) is 3.23. The van der Waals surface area contributed by atoms with Crippen molar-refractivity contribution >= 4 is 29.7 Å². The number of carbonyl (C=O) groups excluding carboxylic acids is 1. The highest BCUT2D eigenvalue weighted by atomic mass is 35.5. The van der Waals surface area contributed by atoms with E-state index >= 15 is 0 Å². The van der Waals surface area contributed by atoms with Gasteiger partial charge in [0.05, 0.1) is 12.8 Å². The number of methoxy groups -OCH3 is 1. The van der Waals surface area contributed by atoms with Crippen LogP contribution in [0.5, 0.6) is 5.75 Å². The van der Waals surface area contributed by atoms with Crippen LogP contribution >= 0.6 is 12.4 Å². The summed E-state index contributed by atoms with van der Waals surface area (Å²) in [5, 5.41) is 6.51. The number of carbonyl (C=O) groups is 1. The molecule has 0 unspecified atom stereocenters. The Kier molecular flexibility index (Phi) is 4.37. The summed E-state index contributed by atoms with van der Waals surface area (Å²) in [6, 6.07) is 6.75. The number of nitrogens with zero attached hydrogens (tertiary/aromatic N) is 1. The first-order chi connectivity index (χ1) is 9.67. The molecule has 3 N–H and O–H groups in total. The largest absolute Gasteiger partial charge is 0.495 e. The second kappa shape index (κ2) is 6.05. The Morgan fingerprint density at radius 2 is 2.19 bits per heavy atom. The molecule has 3 rings (SSSR count). The molecule has 0 spiro atoms. The molecule has 7 heteroatoms. The van der Waals surface area contributed by atoms with Crippen LogP contribution in [0.2, 0.25) is 0 Å². The van der Waals surface area contributed by atoms with Crippen LogP contribution in [0.3, 0.4) is 0 Å². The first kappa shape index (κ1) is 15.2. The Bertz CT molecular complexity index is 653. The second-order valence-corrected chi connectivity index (χ2v) is 4.80. The minimum Gasteiger partial charge on any atom is -0.495 e. The summed E-state index contributed by atoms with van der Waals surface area (Å²) in [7, 11) is 1.54. The molecule has 1 aromatic heterocycles. The summed E-state index contributed by atoms with van der Waals surface area (Å²) < 4.78 is 10.2. The van der Waals surface area contributed by atoms with Crippen LogP contribution in [-0.4, -0.2) is 18.2 Å². The number of halogens is 1. The van der Waals surface area contributed by atoms with Gasteiger partial charge in [0.2, 0.25) is 0 Å². The van der Waals surface area contributed by atoms with E-state index in [9.17, 15) is 4.79 Å². The maximum atomic E-state index is 12.0. The van der Waals surface area contributed by atoms with Crippen molar-refractivity contribution in [1.29, 1.82) is 0 Å². The van der Waals surface area contributed by atoms with Crippen molar-refractivity contribution in [3.8, 4) is 5.75 Å². The van der Waals surface area contributed by atoms with Gasteiger partial charge >= 0.3 is 0 Å². The zero-order chi connectivity index (χ0) is 14.1. The van der Waals surface area contributed by atoms with Gasteiger partial charge in [-0.05, 0) is 31.0 Å². The SMILES string of the molecule is COc1ccc(NC(=O)c2cc(C3CC3)on2)cc1N.Cl. The van der Waals surface area contributed by atoms with E-state index < -0.39 is 0 Å². The molecule has 6 nitrogen and oxygen atoms in total.